The highest BCUT2D eigenvalue weighted by atomic mass is 35.5. The van der Waals surface area contributed by atoms with Crippen molar-refractivity contribution in [3.05, 3.63) is 24.0 Å². The fourth-order valence-electron chi connectivity index (χ4n) is 2.43. The zero-order valence-corrected chi connectivity index (χ0v) is 12.5. The van der Waals surface area contributed by atoms with Crippen LogP contribution in [0.1, 0.15) is 25.2 Å². The molecule has 3 nitrogen and oxygen atoms in total. The van der Waals surface area contributed by atoms with E-state index >= 15 is 0 Å². The quantitative estimate of drug-likeness (QED) is 0.766. The molecule has 0 radical (unpaired) electrons. The molecule has 1 atom stereocenters. The highest BCUT2D eigenvalue weighted by Crippen LogP contribution is 2.32. The Morgan fingerprint density at radius 2 is 2.10 bits per heavy atom. The Kier molecular flexibility index (Phi) is 4.66. The Morgan fingerprint density at radius 1 is 1.38 bits per heavy atom. The van der Waals surface area contributed by atoms with Crippen molar-refractivity contribution in [1.82, 2.24) is 9.55 Å². The van der Waals surface area contributed by atoms with E-state index < -0.39 is 18.6 Å². The van der Waals surface area contributed by atoms with Crippen LogP contribution in [0.4, 0.5) is 13.2 Å². The van der Waals surface area contributed by atoms with Crippen LogP contribution in [0.25, 0.3) is 11.0 Å². The van der Waals surface area contributed by atoms with E-state index in [-0.39, 0.29) is 0 Å². The number of hydrogen-bond acceptors (Lipinski definition) is 2. The second-order valence-corrected chi connectivity index (χ2v) is 5.24. The van der Waals surface area contributed by atoms with Crippen LogP contribution < -0.4 is 4.74 Å². The number of halogens is 4. The Balaban J connectivity index is 2.53. The van der Waals surface area contributed by atoms with Crippen LogP contribution in [0.5, 0.6) is 5.75 Å². The lowest BCUT2D eigenvalue weighted by Crippen LogP contribution is -2.18. The molecule has 0 aliphatic carbocycles. The zero-order valence-electron chi connectivity index (χ0n) is 11.7. The van der Waals surface area contributed by atoms with Gasteiger partial charge in [-0.25, -0.2) is 4.98 Å². The van der Waals surface area contributed by atoms with E-state index in [4.69, 9.17) is 16.3 Å². The summed E-state index contributed by atoms with van der Waals surface area (Å²) in [6.07, 6.45) is -4.72. The molecule has 0 bridgehead atoms. The van der Waals surface area contributed by atoms with Gasteiger partial charge in [-0.15, -0.1) is 11.6 Å². The van der Waals surface area contributed by atoms with Crippen LogP contribution >= 0.6 is 11.6 Å². The van der Waals surface area contributed by atoms with Crippen molar-refractivity contribution in [3.8, 4) is 5.75 Å². The van der Waals surface area contributed by atoms with Gasteiger partial charge in [-0.1, -0.05) is 0 Å². The second-order valence-electron chi connectivity index (χ2n) is 4.86. The molecule has 2 aromatic rings. The van der Waals surface area contributed by atoms with Gasteiger partial charge in [-0.2, -0.15) is 13.2 Å². The minimum atomic E-state index is -4.23. The van der Waals surface area contributed by atoms with E-state index in [1.54, 1.807) is 22.8 Å². The minimum Gasteiger partial charge on any atom is -0.497 e. The van der Waals surface area contributed by atoms with Crippen LogP contribution in [0.3, 0.4) is 0 Å². The highest BCUT2D eigenvalue weighted by Gasteiger charge is 2.32. The van der Waals surface area contributed by atoms with Crippen molar-refractivity contribution in [2.75, 3.05) is 13.0 Å². The predicted molar refractivity (Wildman–Crippen MR) is 76.1 cm³/mol. The number of rotatable bonds is 5. The van der Waals surface area contributed by atoms with Crippen molar-refractivity contribution in [2.24, 2.45) is 0 Å². The molecule has 0 fully saturated rings. The van der Waals surface area contributed by atoms with Crippen molar-refractivity contribution in [3.63, 3.8) is 0 Å². The lowest BCUT2D eigenvalue weighted by atomic mass is 10.2. The third kappa shape index (κ3) is 3.61. The summed E-state index contributed by atoms with van der Waals surface area (Å²) in [6, 6.07) is 4.43. The molecule has 21 heavy (non-hydrogen) atoms. The Morgan fingerprint density at radius 3 is 2.67 bits per heavy atom. The third-order valence-corrected chi connectivity index (χ3v) is 3.44. The average Bonchev–Trinajstić information content (AvgIpc) is 2.74. The molecule has 0 saturated carbocycles. The summed E-state index contributed by atoms with van der Waals surface area (Å²) in [4.78, 5) is 4.38. The molecule has 1 aromatic carbocycles. The van der Waals surface area contributed by atoms with Gasteiger partial charge >= 0.3 is 6.18 Å². The van der Waals surface area contributed by atoms with Gasteiger partial charge in [0.25, 0.3) is 0 Å². The van der Waals surface area contributed by atoms with Gasteiger partial charge < -0.3 is 9.30 Å². The van der Waals surface area contributed by atoms with E-state index in [0.29, 0.717) is 34.9 Å². The number of ether oxygens (including phenoxy) is 1. The summed E-state index contributed by atoms with van der Waals surface area (Å²) < 4.78 is 44.8. The van der Waals surface area contributed by atoms with Gasteiger partial charge in [-0.05, 0) is 19.1 Å². The first-order valence-electron chi connectivity index (χ1n) is 6.53. The summed E-state index contributed by atoms with van der Waals surface area (Å²) in [5.41, 5.74) is 1.27. The first kappa shape index (κ1) is 15.9. The molecule has 0 aliphatic rings. The number of alkyl halides is 4. The van der Waals surface area contributed by atoms with Crippen LogP contribution in [-0.4, -0.2) is 28.7 Å². The van der Waals surface area contributed by atoms with E-state index in [0.717, 1.165) is 0 Å². The number of imidazole rings is 1. The van der Waals surface area contributed by atoms with Crippen molar-refractivity contribution < 1.29 is 17.9 Å². The number of benzene rings is 1. The van der Waals surface area contributed by atoms with E-state index in [2.05, 4.69) is 4.98 Å². The standard InChI is InChI=1S/C14H16ClF3N2O/c1-9(8-14(16,17)18)20-12-7-10(21-2)3-4-11(12)19-13(20)5-6-15/h3-4,7,9H,5-6,8H2,1-2H3. The molecule has 0 N–H and O–H groups in total. The Labute approximate surface area is 125 Å². The molecular weight excluding hydrogens is 305 g/mol. The van der Waals surface area contributed by atoms with Crippen LogP contribution in [-0.2, 0) is 6.42 Å². The topological polar surface area (TPSA) is 27.1 Å². The number of aryl methyl sites for hydroxylation is 1. The Hall–Kier alpha value is -1.43. The summed E-state index contributed by atoms with van der Waals surface area (Å²) in [5, 5.41) is 0. The van der Waals surface area contributed by atoms with E-state index in [1.165, 1.54) is 14.0 Å². The first-order chi connectivity index (χ1) is 9.85. The fraction of sp³-hybridized carbons (Fsp3) is 0.500. The van der Waals surface area contributed by atoms with Gasteiger partial charge in [0, 0.05) is 24.4 Å². The molecule has 1 heterocycles. The summed E-state index contributed by atoms with van der Waals surface area (Å²) in [6.45, 7) is 1.53. The lowest BCUT2D eigenvalue weighted by Gasteiger charge is -2.19. The maximum atomic E-state index is 12.7. The van der Waals surface area contributed by atoms with Gasteiger partial charge in [0.1, 0.15) is 11.6 Å². The molecule has 1 aromatic heterocycles. The van der Waals surface area contributed by atoms with Crippen LogP contribution in [0.15, 0.2) is 18.2 Å². The van der Waals surface area contributed by atoms with Gasteiger partial charge in [0.15, 0.2) is 0 Å². The molecule has 0 saturated heterocycles. The molecule has 0 aliphatic heterocycles. The van der Waals surface area contributed by atoms with Gasteiger partial charge in [0.2, 0.25) is 0 Å². The van der Waals surface area contributed by atoms with Gasteiger partial charge in [0.05, 0.1) is 24.6 Å². The fourth-order valence-corrected chi connectivity index (χ4v) is 2.60. The molecule has 1 unspecified atom stereocenters. The van der Waals surface area contributed by atoms with Gasteiger partial charge in [-0.3, -0.25) is 0 Å². The minimum absolute atomic E-state index is 0.305. The molecular formula is C14H16ClF3N2O. The number of fused-ring (bicyclic) bond motifs is 1. The van der Waals surface area contributed by atoms with Crippen molar-refractivity contribution in [1.29, 1.82) is 0 Å². The molecule has 116 valence electrons. The maximum Gasteiger partial charge on any atom is 0.391 e. The summed E-state index contributed by atoms with van der Waals surface area (Å²) in [5.74, 6) is 1.45. The molecule has 7 heteroatoms. The summed E-state index contributed by atoms with van der Waals surface area (Å²) in [7, 11) is 1.51. The largest absolute Gasteiger partial charge is 0.497 e. The Bertz CT molecular complexity index is 624. The monoisotopic (exact) mass is 320 g/mol. The van der Waals surface area contributed by atoms with Crippen molar-refractivity contribution in [2.45, 2.75) is 32.0 Å². The lowest BCUT2D eigenvalue weighted by molar-refractivity contribution is -0.141. The smallest absolute Gasteiger partial charge is 0.391 e. The number of methoxy groups -OCH3 is 1. The SMILES string of the molecule is COc1ccc2nc(CCCl)n(C(C)CC(F)(F)F)c2c1. The first-order valence-corrected chi connectivity index (χ1v) is 7.06. The highest BCUT2D eigenvalue weighted by molar-refractivity contribution is 6.17. The average molecular weight is 321 g/mol. The summed E-state index contributed by atoms with van der Waals surface area (Å²) >= 11 is 5.73. The number of hydrogen-bond donors (Lipinski definition) is 0. The maximum absolute atomic E-state index is 12.7. The van der Waals surface area contributed by atoms with Crippen molar-refractivity contribution >= 4 is 22.6 Å². The number of aromatic nitrogens is 2. The molecule has 0 spiro atoms. The van der Waals surface area contributed by atoms with E-state index in [9.17, 15) is 13.2 Å². The van der Waals surface area contributed by atoms with E-state index in [1.807, 2.05) is 0 Å². The zero-order chi connectivity index (χ0) is 15.6. The predicted octanol–water partition coefficient (Wildman–Crippen LogP) is 4.34. The van der Waals surface area contributed by atoms with Crippen LogP contribution in [0, 0.1) is 0 Å². The molecule has 0 amide bonds. The van der Waals surface area contributed by atoms with Crippen LogP contribution in [0.2, 0.25) is 0 Å². The number of nitrogens with zero attached hydrogens (tertiary/aromatic N) is 2. The molecule has 2 rings (SSSR count). The normalized spacial score (nSPS) is 13.6. The third-order valence-electron chi connectivity index (χ3n) is 3.26. The second kappa shape index (κ2) is 6.13.